The molecule has 0 spiro atoms. The first kappa shape index (κ1) is 11.8. The van der Waals surface area contributed by atoms with E-state index >= 15 is 0 Å². The Bertz CT molecular complexity index is 546. The summed E-state index contributed by atoms with van der Waals surface area (Å²) in [4.78, 5) is 0. The predicted octanol–water partition coefficient (Wildman–Crippen LogP) is 4.45. The van der Waals surface area contributed by atoms with E-state index in [1.165, 1.54) is 0 Å². The summed E-state index contributed by atoms with van der Waals surface area (Å²) >= 11 is 18.2. The van der Waals surface area contributed by atoms with Crippen molar-refractivity contribution in [2.24, 2.45) is 0 Å². The van der Waals surface area contributed by atoms with Crippen LogP contribution >= 0.6 is 34.8 Å². The van der Waals surface area contributed by atoms with Gasteiger partial charge in [0.15, 0.2) is 0 Å². The first-order chi connectivity index (χ1) is 7.52. The normalized spacial score (nSPS) is 10.8. The van der Waals surface area contributed by atoms with Crippen molar-refractivity contribution in [2.75, 3.05) is 0 Å². The summed E-state index contributed by atoms with van der Waals surface area (Å²) in [6.45, 7) is 3.74. The fourth-order valence-corrected chi connectivity index (χ4v) is 2.01. The summed E-state index contributed by atoms with van der Waals surface area (Å²) < 4.78 is 1.70. The lowest BCUT2D eigenvalue weighted by Gasteiger charge is -2.07. The molecule has 0 saturated carbocycles. The van der Waals surface area contributed by atoms with E-state index in [4.69, 9.17) is 34.8 Å². The fourth-order valence-electron chi connectivity index (χ4n) is 1.51. The van der Waals surface area contributed by atoms with Gasteiger partial charge in [0.1, 0.15) is 0 Å². The molecule has 0 radical (unpaired) electrons. The van der Waals surface area contributed by atoms with E-state index in [9.17, 15) is 0 Å². The zero-order chi connectivity index (χ0) is 11.9. The number of hydrogen-bond acceptors (Lipinski definition) is 1. The molecule has 0 fully saturated rings. The van der Waals surface area contributed by atoms with Crippen LogP contribution in [0.3, 0.4) is 0 Å². The van der Waals surface area contributed by atoms with Gasteiger partial charge in [0.05, 0.1) is 32.1 Å². The van der Waals surface area contributed by atoms with E-state index in [1.54, 1.807) is 10.7 Å². The Morgan fingerprint density at radius 1 is 1.06 bits per heavy atom. The molecule has 2 rings (SSSR count). The molecule has 16 heavy (non-hydrogen) atoms. The summed E-state index contributed by atoms with van der Waals surface area (Å²) in [5, 5.41) is 5.95. The number of aromatic nitrogens is 2. The summed E-state index contributed by atoms with van der Waals surface area (Å²) in [5.74, 6) is 0. The lowest BCUT2D eigenvalue weighted by Crippen LogP contribution is -2.00. The van der Waals surface area contributed by atoms with Gasteiger partial charge in [-0.05, 0) is 26.0 Å². The molecule has 0 atom stereocenters. The third kappa shape index (κ3) is 1.81. The minimum Gasteiger partial charge on any atom is -0.235 e. The van der Waals surface area contributed by atoms with Crippen LogP contribution in [-0.4, -0.2) is 9.78 Å². The molecule has 5 heteroatoms. The molecule has 2 nitrogen and oxygen atoms in total. The van der Waals surface area contributed by atoms with Crippen molar-refractivity contribution in [3.63, 3.8) is 0 Å². The standard InChI is InChI=1S/C11H9Cl3N2/c1-6-10(13)7(2)16(15-6)9-5-3-4-8(12)11(9)14/h3-5H,1-2H3. The molecule has 0 aliphatic rings. The van der Waals surface area contributed by atoms with Gasteiger partial charge in [0, 0.05) is 0 Å². The van der Waals surface area contributed by atoms with Gasteiger partial charge in [-0.3, -0.25) is 0 Å². The minimum absolute atomic E-state index is 0.478. The maximum absolute atomic E-state index is 6.13. The summed E-state index contributed by atoms with van der Waals surface area (Å²) in [7, 11) is 0. The Hall–Kier alpha value is -0.700. The van der Waals surface area contributed by atoms with Crippen molar-refractivity contribution in [2.45, 2.75) is 13.8 Å². The van der Waals surface area contributed by atoms with Crippen LogP contribution in [0.25, 0.3) is 5.69 Å². The zero-order valence-corrected chi connectivity index (χ0v) is 11.0. The molecule has 1 aromatic carbocycles. The van der Waals surface area contributed by atoms with Crippen molar-refractivity contribution < 1.29 is 0 Å². The SMILES string of the molecule is Cc1nn(-c2cccc(Cl)c2Cl)c(C)c1Cl. The molecular formula is C11H9Cl3N2. The van der Waals surface area contributed by atoms with Crippen LogP contribution in [0.2, 0.25) is 15.1 Å². The first-order valence-corrected chi connectivity index (χ1v) is 5.82. The molecule has 0 unspecified atom stereocenters. The van der Waals surface area contributed by atoms with E-state index < -0.39 is 0 Å². The monoisotopic (exact) mass is 274 g/mol. The van der Waals surface area contributed by atoms with Gasteiger partial charge in [-0.2, -0.15) is 5.10 Å². The van der Waals surface area contributed by atoms with Gasteiger partial charge < -0.3 is 0 Å². The van der Waals surface area contributed by atoms with Gasteiger partial charge in [-0.15, -0.1) is 0 Å². The average Bonchev–Trinajstić information content (AvgIpc) is 2.50. The second kappa shape index (κ2) is 4.28. The zero-order valence-electron chi connectivity index (χ0n) is 8.76. The van der Waals surface area contributed by atoms with Crippen LogP contribution in [-0.2, 0) is 0 Å². The predicted molar refractivity (Wildman–Crippen MR) is 68.1 cm³/mol. The van der Waals surface area contributed by atoms with Crippen LogP contribution in [0.15, 0.2) is 18.2 Å². The molecule has 1 heterocycles. The van der Waals surface area contributed by atoms with E-state index in [-0.39, 0.29) is 0 Å². The number of rotatable bonds is 1. The average molecular weight is 276 g/mol. The molecule has 1 aromatic heterocycles. The van der Waals surface area contributed by atoms with Gasteiger partial charge in [-0.25, -0.2) is 4.68 Å². The molecule has 84 valence electrons. The molecule has 0 N–H and O–H groups in total. The van der Waals surface area contributed by atoms with Gasteiger partial charge in [0.25, 0.3) is 0 Å². The molecule has 2 aromatic rings. The quantitative estimate of drug-likeness (QED) is 0.752. The van der Waals surface area contributed by atoms with Gasteiger partial charge >= 0.3 is 0 Å². The summed E-state index contributed by atoms with van der Waals surface area (Å²) in [5.41, 5.74) is 2.36. The van der Waals surface area contributed by atoms with Crippen molar-refractivity contribution in [3.05, 3.63) is 44.7 Å². The summed E-state index contributed by atoms with van der Waals surface area (Å²) in [6.07, 6.45) is 0. The maximum Gasteiger partial charge on any atom is 0.0850 e. The number of nitrogens with zero attached hydrogens (tertiary/aromatic N) is 2. The van der Waals surface area contributed by atoms with E-state index in [0.717, 1.165) is 17.1 Å². The van der Waals surface area contributed by atoms with Crippen molar-refractivity contribution in [3.8, 4) is 5.69 Å². The van der Waals surface area contributed by atoms with E-state index in [2.05, 4.69) is 5.10 Å². The number of aryl methyl sites for hydroxylation is 1. The Labute approximate surface area is 109 Å². The topological polar surface area (TPSA) is 17.8 Å². The number of hydrogen-bond donors (Lipinski definition) is 0. The maximum atomic E-state index is 6.13. The highest BCUT2D eigenvalue weighted by Gasteiger charge is 2.13. The Morgan fingerprint density at radius 2 is 1.75 bits per heavy atom. The second-order valence-corrected chi connectivity index (χ2v) is 4.63. The molecule has 0 bridgehead atoms. The molecule has 0 aliphatic heterocycles. The van der Waals surface area contributed by atoms with E-state index in [0.29, 0.717) is 15.1 Å². The Morgan fingerprint density at radius 3 is 2.31 bits per heavy atom. The van der Waals surface area contributed by atoms with Crippen molar-refractivity contribution >= 4 is 34.8 Å². The second-order valence-electron chi connectivity index (χ2n) is 3.47. The highest BCUT2D eigenvalue weighted by Crippen LogP contribution is 2.31. The minimum atomic E-state index is 0.478. The van der Waals surface area contributed by atoms with Gasteiger partial charge in [-0.1, -0.05) is 40.9 Å². The Kier molecular flexibility index (Phi) is 3.15. The number of halogens is 3. The smallest absolute Gasteiger partial charge is 0.0850 e. The molecule has 0 saturated heterocycles. The van der Waals surface area contributed by atoms with Gasteiger partial charge in [0.2, 0.25) is 0 Å². The summed E-state index contributed by atoms with van der Waals surface area (Å²) in [6, 6.07) is 5.42. The van der Waals surface area contributed by atoms with Crippen LogP contribution in [0, 0.1) is 13.8 Å². The van der Waals surface area contributed by atoms with Crippen LogP contribution in [0.5, 0.6) is 0 Å². The lowest BCUT2D eigenvalue weighted by molar-refractivity contribution is 0.834. The molecule has 0 amide bonds. The highest BCUT2D eigenvalue weighted by molar-refractivity contribution is 6.43. The van der Waals surface area contributed by atoms with Crippen molar-refractivity contribution in [1.29, 1.82) is 0 Å². The van der Waals surface area contributed by atoms with Crippen LogP contribution < -0.4 is 0 Å². The van der Waals surface area contributed by atoms with Crippen LogP contribution in [0.4, 0.5) is 0 Å². The highest BCUT2D eigenvalue weighted by atomic mass is 35.5. The van der Waals surface area contributed by atoms with Crippen molar-refractivity contribution in [1.82, 2.24) is 9.78 Å². The third-order valence-corrected chi connectivity index (χ3v) is 3.72. The third-order valence-electron chi connectivity index (χ3n) is 2.36. The molecule has 0 aliphatic carbocycles. The Balaban J connectivity index is 2.68. The molecular weight excluding hydrogens is 266 g/mol. The largest absolute Gasteiger partial charge is 0.235 e. The lowest BCUT2D eigenvalue weighted by atomic mass is 10.3. The first-order valence-electron chi connectivity index (χ1n) is 4.68. The fraction of sp³-hybridized carbons (Fsp3) is 0.182. The van der Waals surface area contributed by atoms with E-state index in [1.807, 2.05) is 26.0 Å². The number of benzene rings is 1. The van der Waals surface area contributed by atoms with Crippen LogP contribution in [0.1, 0.15) is 11.4 Å².